The Hall–Kier alpha value is -1.22. The molecule has 1 aliphatic carbocycles. The first-order chi connectivity index (χ1) is 7.63. The number of hydrogen-bond acceptors (Lipinski definition) is 3. The Labute approximate surface area is 96.5 Å². The molecule has 2 N–H and O–H groups in total. The molecule has 0 aromatic heterocycles. The van der Waals surface area contributed by atoms with Crippen LogP contribution in [0.5, 0.6) is 11.5 Å². The molecule has 0 amide bonds. The van der Waals surface area contributed by atoms with Crippen LogP contribution in [0.1, 0.15) is 25.3 Å². The Morgan fingerprint density at radius 2 is 2.00 bits per heavy atom. The molecule has 0 saturated heterocycles. The van der Waals surface area contributed by atoms with Crippen LogP contribution in [0.3, 0.4) is 0 Å². The van der Waals surface area contributed by atoms with E-state index in [0.29, 0.717) is 13.2 Å². The van der Waals surface area contributed by atoms with Gasteiger partial charge in [-0.1, -0.05) is 6.07 Å². The molecule has 1 saturated carbocycles. The lowest BCUT2D eigenvalue weighted by atomic mass is 10.2. The number of hydrogen-bond donors (Lipinski definition) is 1. The summed E-state index contributed by atoms with van der Waals surface area (Å²) >= 11 is 0. The molecule has 0 spiro atoms. The van der Waals surface area contributed by atoms with E-state index in [2.05, 4.69) is 0 Å². The maximum Gasteiger partial charge on any atom is 0.161 e. The molecular weight excluding hydrogens is 202 g/mol. The summed E-state index contributed by atoms with van der Waals surface area (Å²) in [6.45, 7) is 5.23. The molecule has 0 atom stereocenters. The predicted molar refractivity (Wildman–Crippen MR) is 64.0 cm³/mol. The molecule has 88 valence electrons. The Morgan fingerprint density at radius 1 is 1.25 bits per heavy atom. The lowest BCUT2D eigenvalue weighted by molar-refractivity contribution is 0.254. The molecular formula is C13H19NO2. The van der Waals surface area contributed by atoms with Crippen molar-refractivity contribution in [3.63, 3.8) is 0 Å². The highest BCUT2D eigenvalue weighted by Crippen LogP contribution is 2.35. The van der Waals surface area contributed by atoms with Gasteiger partial charge in [-0.3, -0.25) is 0 Å². The van der Waals surface area contributed by atoms with Gasteiger partial charge in [-0.25, -0.2) is 0 Å². The summed E-state index contributed by atoms with van der Waals surface area (Å²) < 4.78 is 11.3. The molecule has 0 heterocycles. The van der Waals surface area contributed by atoms with Crippen molar-refractivity contribution in [1.82, 2.24) is 0 Å². The lowest BCUT2D eigenvalue weighted by Crippen LogP contribution is -2.29. The summed E-state index contributed by atoms with van der Waals surface area (Å²) in [6, 6.07) is 5.97. The second kappa shape index (κ2) is 4.34. The molecule has 0 radical (unpaired) electrons. The summed E-state index contributed by atoms with van der Waals surface area (Å²) in [4.78, 5) is 0. The predicted octanol–water partition coefficient (Wildman–Crippen LogP) is 2.26. The van der Waals surface area contributed by atoms with E-state index in [1.54, 1.807) is 0 Å². The molecule has 1 aliphatic rings. The van der Waals surface area contributed by atoms with Crippen molar-refractivity contribution >= 4 is 0 Å². The highest BCUT2D eigenvalue weighted by Gasteiger charge is 2.39. The van der Waals surface area contributed by atoms with Crippen molar-refractivity contribution in [1.29, 1.82) is 0 Å². The topological polar surface area (TPSA) is 44.5 Å². The van der Waals surface area contributed by atoms with E-state index in [1.807, 2.05) is 32.0 Å². The SMILES string of the molecule is CCOc1cc(C)ccc1OCC1(N)CC1. The summed E-state index contributed by atoms with van der Waals surface area (Å²) in [6.07, 6.45) is 2.12. The number of ether oxygens (including phenoxy) is 2. The van der Waals surface area contributed by atoms with Crippen LogP contribution in [0.2, 0.25) is 0 Å². The van der Waals surface area contributed by atoms with Crippen LogP contribution in [0.25, 0.3) is 0 Å². The van der Waals surface area contributed by atoms with E-state index in [9.17, 15) is 0 Å². The molecule has 0 aliphatic heterocycles. The summed E-state index contributed by atoms with van der Waals surface area (Å²) in [5, 5.41) is 0. The van der Waals surface area contributed by atoms with Gasteiger partial charge >= 0.3 is 0 Å². The van der Waals surface area contributed by atoms with Crippen LogP contribution in [0.4, 0.5) is 0 Å². The normalized spacial score (nSPS) is 16.9. The largest absolute Gasteiger partial charge is 0.490 e. The number of rotatable bonds is 5. The summed E-state index contributed by atoms with van der Waals surface area (Å²) in [5.74, 6) is 1.61. The zero-order valence-electron chi connectivity index (χ0n) is 9.95. The van der Waals surface area contributed by atoms with E-state index < -0.39 is 0 Å². The van der Waals surface area contributed by atoms with Gasteiger partial charge in [0, 0.05) is 0 Å². The molecule has 2 rings (SSSR count). The van der Waals surface area contributed by atoms with Gasteiger partial charge in [0.25, 0.3) is 0 Å². The van der Waals surface area contributed by atoms with Crippen molar-refractivity contribution in [2.45, 2.75) is 32.2 Å². The zero-order chi connectivity index (χ0) is 11.6. The van der Waals surface area contributed by atoms with Crippen LogP contribution in [0.15, 0.2) is 18.2 Å². The highest BCUT2D eigenvalue weighted by molar-refractivity contribution is 5.42. The van der Waals surface area contributed by atoms with Gasteiger partial charge in [0.1, 0.15) is 6.61 Å². The van der Waals surface area contributed by atoms with Crippen LogP contribution in [0, 0.1) is 6.92 Å². The molecule has 1 fully saturated rings. The van der Waals surface area contributed by atoms with Gasteiger partial charge in [-0.2, -0.15) is 0 Å². The van der Waals surface area contributed by atoms with E-state index in [1.165, 1.54) is 5.56 Å². The van der Waals surface area contributed by atoms with Gasteiger partial charge in [0.15, 0.2) is 11.5 Å². The fraction of sp³-hybridized carbons (Fsp3) is 0.538. The van der Waals surface area contributed by atoms with Gasteiger partial charge in [-0.15, -0.1) is 0 Å². The van der Waals surface area contributed by atoms with Gasteiger partial charge in [0.05, 0.1) is 12.1 Å². The van der Waals surface area contributed by atoms with Crippen molar-refractivity contribution < 1.29 is 9.47 Å². The van der Waals surface area contributed by atoms with Crippen LogP contribution in [-0.2, 0) is 0 Å². The van der Waals surface area contributed by atoms with Crippen LogP contribution < -0.4 is 15.2 Å². The molecule has 16 heavy (non-hydrogen) atoms. The fourth-order valence-electron chi connectivity index (χ4n) is 1.53. The second-order valence-corrected chi connectivity index (χ2v) is 4.53. The zero-order valence-corrected chi connectivity index (χ0v) is 9.95. The van der Waals surface area contributed by atoms with Gasteiger partial charge in [-0.05, 0) is 44.4 Å². The van der Waals surface area contributed by atoms with Crippen LogP contribution in [-0.4, -0.2) is 18.8 Å². The average molecular weight is 221 g/mol. The summed E-state index contributed by atoms with van der Waals surface area (Å²) in [7, 11) is 0. The highest BCUT2D eigenvalue weighted by atomic mass is 16.5. The minimum Gasteiger partial charge on any atom is -0.490 e. The van der Waals surface area contributed by atoms with Crippen molar-refractivity contribution in [3.05, 3.63) is 23.8 Å². The van der Waals surface area contributed by atoms with E-state index >= 15 is 0 Å². The van der Waals surface area contributed by atoms with Crippen molar-refractivity contribution in [3.8, 4) is 11.5 Å². The van der Waals surface area contributed by atoms with E-state index in [-0.39, 0.29) is 5.54 Å². The van der Waals surface area contributed by atoms with E-state index in [0.717, 1.165) is 24.3 Å². The first kappa shape index (κ1) is 11.3. The number of aryl methyl sites for hydroxylation is 1. The Balaban J connectivity index is 2.06. The Kier molecular flexibility index (Phi) is 3.06. The molecule has 3 nitrogen and oxygen atoms in total. The Bertz CT molecular complexity index is 372. The molecule has 1 aromatic carbocycles. The molecule has 0 bridgehead atoms. The lowest BCUT2D eigenvalue weighted by Gasteiger charge is -2.15. The maximum atomic E-state index is 5.98. The van der Waals surface area contributed by atoms with E-state index in [4.69, 9.17) is 15.2 Å². The summed E-state index contributed by atoms with van der Waals surface area (Å²) in [5.41, 5.74) is 7.06. The fourth-order valence-corrected chi connectivity index (χ4v) is 1.53. The van der Waals surface area contributed by atoms with Crippen molar-refractivity contribution in [2.75, 3.05) is 13.2 Å². The first-order valence-corrected chi connectivity index (χ1v) is 5.78. The average Bonchev–Trinajstić information content (AvgIpc) is 2.96. The third-order valence-corrected chi connectivity index (χ3v) is 2.81. The third-order valence-electron chi connectivity index (χ3n) is 2.81. The second-order valence-electron chi connectivity index (χ2n) is 4.53. The monoisotopic (exact) mass is 221 g/mol. The quantitative estimate of drug-likeness (QED) is 0.829. The van der Waals surface area contributed by atoms with Gasteiger partial charge < -0.3 is 15.2 Å². The maximum absolute atomic E-state index is 5.98. The minimum atomic E-state index is -0.0889. The minimum absolute atomic E-state index is 0.0889. The smallest absolute Gasteiger partial charge is 0.161 e. The number of benzene rings is 1. The standard InChI is InChI=1S/C13H19NO2/c1-3-15-12-8-10(2)4-5-11(12)16-9-13(14)6-7-13/h4-5,8H,3,6-7,9,14H2,1-2H3. The van der Waals surface area contributed by atoms with Gasteiger partial charge in [0.2, 0.25) is 0 Å². The molecule has 0 unspecified atom stereocenters. The van der Waals surface area contributed by atoms with Crippen molar-refractivity contribution in [2.24, 2.45) is 5.73 Å². The molecule has 3 heteroatoms. The third kappa shape index (κ3) is 2.67. The first-order valence-electron chi connectivity index (χ1n) is 5.78. The number of nitrogens with two attached hydrogens (primary N) is 1. The molecule has 1 aromatic rings. The Morgan fingerprint density at radius 3 is 2.62 bits per heavy atom. The van der Waals surface area contributed by atoms with Crippen LogP contribution >= 0.6 is 0 Å².